The van der Waals surface area contributed by atoms with Crippen LogP contribution in [0.3, 0.4) is 0 Å². The van der Waals surface area contributed by atoms with E-state index in [1.54, 1.807) is 0 Å². The fraction of sp³-hybridized carbons (Fsp3) is 0.353. The summed E-state index contributed by atoms with van der Waals surface area (Å²) in [4.78, 5) is 4.27. The molecule has 3 rings (SSSR count). The molecule has 0 aliphatic carbocycles. The summed E-state index contributed by atoms with van der Waals surface area (Å²) in [5.41, 5.74) is 3.48. The van der Waals surface area contributed by atoms with Gasteiger partial charge in [0.15, 0.2) is 11.5 Å². The number of ether oxygens (including phenoxy) is 2. The lowest BCUT2D eigenvalue weighted by Gasteiger charge is -2.26. The van der Waals surface area contributed by atoms with Gasteiger partial charge >= 0.3 is 0 Å². The van der Waals surface area contributed by atoms with Crippen molar-refractivity contribution in [3.05, 3.63) is 53.3 Å². The van der Waals surface area contributed by atoms with Crippen molar-refractivity contribution in [3.8, 4) is 11.5 Å². The Kier molecular flexibility index (Phi) is 4.06. The van der Waals surface area contributed by atoms with E-state index in [9.17, 15) is 0 Å². The van der Waals surface area contributed by atoms with Gasteiger partial charge < -0.3 is 14.8 Å². The molecule has 1 aliphatic rings. The fourth-order valence-electron chi connectivity index (χ4n) is 2.69. The van der Waals surface area contributed by atoms with Crippen molar-refractivity contribution in [1.29, 1.82) is 0 Å². The van der Waals surface area contributed by atoms with Crippen LogP contribution in [0.15, 0.2) is 36.7 Å². The van der Waals surface area contributed by atoms with Gasteiger partial charge in [0.2, 0.25) is 0 Å². The van der Waals surface area contributed by atoms with E-state index < -0.39 is 0 Å². The number of hydrogen-bond donors (Lipinski definition) is 1. The Morgan fingerprint density at radius 3 is 2.86 bits per heavy atom. The van der Waals surface area contributed by atoms with Gasteiger partial charge in [0.05, 0.1) is 6.04 Å². The molecule has 4 nitrogen and oxygen atoms in total. The molecule has 1 N–H and O–H groups in total. The number of fused-ring (bicyclic) bond motifs is 1. The molecule has 0 amide bonds. The number of aryl methyl sites for hydroxylation is 1. The van der Waals surface area contributed by atoms with Crippen LogP contribution in [0, 0.1) is 6.92 Å². The molecule has 1 aromatic carbocycles. The summed E-state index contributed by atoms with van der Waals surface area (Å²) in [5.74, 6) is 1.67. The third kappa shape index (κ3) is 2.72. The lowest BCUT2D eigenvalue weighted by molar-refractivity contribution is 0.169. The number of para-hydroxylation sites is 1. The van der Waals surface area contributed by atoms with Crippen molar-refractivity contribution >= 4 is 0 Å². The largest absolute Gasteiger partial charge is 0.486 e. The third-order valence-corrected chi connectivity index (χ3v) is 3.71. The second-order valence-corrected chi connectivity index (χ2v) is 5.09. The summed E-state index contributed by atoms with van der Waals surface area (Å²) < 4.78 is 11.5. The van der Waals surface area contributed by atoms with Crippen LogP contribution in [0.2, 0.25) is 0 Å². The molecule has 21 heavy (non-hydrogen) atoms. The summed E-state index contributed by atoms with van der Waals surface area (Å²) in [5, 5.41) is 3.53. The Bertz CT molecular complexity index is 628. The highest BCUT2D eigenvalue weighted by atomic mass is 16.6. The molecular formula is C17H20N2O2. The average molecular weight is 284 g/mol. The second-order valence-electron chi connectivity index (χ2n) is 5.09. The van der Waals surface area contributed by atoms with Crippen LogP contribution in [0.1, 0.15) is 29.7 Å². The van der Waals surface area contributed by atoms with Gasteiger partial charge in [0.25, 0.3) is 0 Å². The van der Waals surface area contributed by atoms with Gasteiger partial charge in [-0.2, -0.15) is 0 Å². The quantitative estimate of drug-likeness (QED) is 0.937. The first-order chi connectivity index (χ1) is 10.3. The number of rotatable bonds is 4. The van der Waals surface area contributed by atoms with Gasteiger partial charge in [-0.1, -0.05) is 19.1 Å². The maximum atomic E-state index is 5.86. The van der Waals surface area contributed by atoms with Crippen LogP contribution in [0.4, 0.5) is 0 Å². The van der Waals surface area contributed by atoms with E-state index in [2.05, 4.69) is 30.2 Å². The number of nitrogens with one attached hydrogen (secondary N) is 1. The summed E-state index contributed by atoms with van der Waals surface area (Å²) in [7, 11) is 0. The van der Waals surface area contributed by atoms with Gasteiger partial charge in [0, 0.05) is 18.0 Å². The van der Waals surface area contributed by atoms with Gasteiger partial charge in [-0.05, 0) is 36.7 Å². The molecule has 110 valence electrons. The molecule has 0 saturated heterocycles. The predicted molar refractivity (Wildman–Crippen MR) is 81.9 cm³/mol. The lowest BCUT2D eigenvalue weighted by atomic mass is 9.95. The predicted octanol–water partition coefficient (Wildman–Crippen LogP) is 2.86. The van der Waals surface area contributed by atoms with Crippen molar-refractivity contribution in [2.75, 3.05) is 19.8 Å². The zero-order valence-electron chi connectivity index (χ0n) is 12.4. The van der Waals surface area contributed by atoms with Crippen molar-refractivity contribution < 1.29 is 9.47 Å². The molecule has 0 spiro atoms. The average Bonchev–Trinajstić information content (AvgIpc) is 2.53. The van der Waals surface area contributed by atoms with Crippen LogP contribution in [-0.4, -0.2) is 24.7 Å². The maximum Gasteiger partial charge on any atom is 0.166 e. The van der Waals surface area contributed by atoms with Crippen molar-refractivity contribution in [2.24, 2.45) is 0 Å². The van der Waals surface area contributed by atoms with Gasteiger partial charge in [-0.3, -0.25) is 4.98 Å². The minimum Gasteiger partial charge on any atom is -0.486 e. The molecule has 0 bridgehead atoms. The van der Waals surface area contributed by atoms with Crippen LogP contribution < -0.4 is 14.8 Å². The monoisotopic (exact) mass is 284 g/mol. The first-order valence-corrected chi connectivity index (χ1v) is 7.33. The SMILES string of the molecule is CCNC(c1cnccc1C)c1cccc2c1OCCO2. The maximum absolute atomic E-state index is 5.86. The first kappa shape index (κ1) is 13.9. The molecule has 0 saturated carbocycles. The highest BCUT2D eigenvalue weighted by Gasteiger charge is 2.23. The number of pyridine rings is 1. The standard InChI is InChI=1S/C17H20N2O2/c1-3-19-16(14-11-18-8-7-12(14)2)13-5-4-6-15-17(13)21-10-9-20-15/h4-8,11,16,19H,3,9-10H2,1-2H3. The molecule has 1 aliphatic heterocycles. The second kappa shape index (κ2) is 6.14. The highest BCUT2D eigenvalue weighted by Crippen LogP contribution is 2.39. The molecule has 0 fully saturated rings. The van der Waals surface area contributed by atoms with Crippen LogP contribution in [0.25, 0.3) is 0 Å². The molecule has 1 unspecified atom stereocenters. The Morgan fingerprint density at radius 2 is 2.05 bits per heavy atom. The van der Waals surface area contributed by atoms with Crippen LogP contribution >= 0.6 is 0 Å². The van der Waals surface area contributed by atoms with E-state index in [1.807, 2.05) is 30.6 Å². The van der Waals surface area contributed by atoms with E-state index in [-0.39, 0.29) is 6.04 Å². The highest BCUT2D eigenvalue weighted by molar-refractivity contribution is 5.51. The summed E-state index contributed by atoms with van der Waals surface area (Å²) in [6, 6.07) is 8.15. The Hall–Kier alpha value is -2.07. The number of nitrogens with zero attached hydrogens (tertiary/aromatic N) is 1. The molecule has 4 heteroatoms. The summed E-state index contributed by atoms with van der Waals surface area (Å²) >= 11 is 0. The smallest absolute Gasteiger partial charge is 0.166 e. The molecule has 0 radical (unpaired) electrons. The van der Waals surface area contributed by atoms with E-state index >= 15 is 0 Å². The Morgan fingerprint density at radius 1 is 1.19 bits per heavy atom. The Balaban J connectivity index is 2.08. The molecule has 1 atom stereocenters. The third-order valence-electron chi connectivity index (χ3n) is 3.71. The minimum atomic E-state index is 0.0559. The molecule has 2 heterocycles. The van der Waals surface area contributed by atoms with E-state index in [0.29, 0.717) is 13.2 Å². The van der Waals surface area contributed by atoms with E-state index in [0.717, 1.165) is 23.6 Å². The van der Waals surface area contributed by atoms with Gasteiger partial charge in [0.1, 0.15) is 13.2 Å². The summed E-state index contributed by atoms with van der Waals surface area (Å²) in [6.07, 6.45) is 3.74. The van der Waals surface area contributed by atoms with Crippen LogP contribution in [0.5, 0.6) is 11.5 Å². The van der Waals surface area contributed by atoms with Crippen LogP contribution in [-0.2, 0) is 0 Å². The first-order valence-electron chi connectivity index (χ1n) is 7.33. The molecular weight excluding hydrogens is 264 g/mol. The minimum absolute atomic E-state index is 0.0559. The van der Waals surface area contributed by atoms with Gasteiger partial charge in [-0.25, -0.2) is 0 Å². The topological polar surface area (TPSA) is 43.4 Å². The zero-order valence-corrected chi connectivity index (χ0v) is 12.4. The van der Waals surface area contributed by atoms with Crippen molar-refractivity contribution in [3.63, 3.8) is 0 Å². The molecule has 1 aromatic heterocycles. The van der Waals surface area contributed by atoms with E-state index in [4.69, 9.17) is 9.47 Å². The summed E-state index contributed by atoms with van der Waals surface area (Å²) in [6.45, 7) is 6.27. The number of benzene rings is 1. The lowest BCUT2D eigenvalue weighted by Crippen LogP contribution is -2.25. The normalized spacial score (nSPS) is 14.8. The fourth-order valence-corrected chi connectivity index (χ4v) is 2.69. The zero-order chi connectivity index (χ0) is 14.7. The van der Waals surface area contributed by atoms with Crippen molar-refractivity contribution in [1.82, 2.24) is 10.3 Å². The van der Waals surface area contributed by atoms with Crippen molar-refractivity contribution in [2.45, 2.75) is 19.9 Å². The number of aromatic nitrogens is 1. The Labute approximate surface area is 125 Å². The van der Waals surface area contributed by atoms with E-state index in [1.165, 1.54) is 11.1 Å². The molecule has 2 aromatic rings. The van der Waals surface area contributed by atoms with Gasteiger partial charge in [-0.15, -0.1) is 0 Å². The number of hydrogen-bond acceptors (Lipinski definition) is 4.